The molecule has 1 fully saturated rings. The Morgan fingerprint density at radius 1 is 1.36 bits per heavy atom. The highest BCUT2D eigenvalue weighted by atomic mass is 127. The van der Waals surface area contributed by atoms with Crippen LogP contribution in [-0.4, -0.2) is 30.7 Å². The molecule has 1 aliphatic heterocycles. The maximum atomic E-state index is 12.5. The molecule has 3 rings (SSSR count). The van der Waals surface area contributed by atoms with Crippen LogP contribution in [0.4, 0.5) is 5.69 Å². The summed E-state index contributed by atoms with van der Waals surface area (Å²) in [5, 5.41) is 13.8. The predicted octanol–water partition coefficient (Wildman–Crippen LogP) is 1.75. The van der Waals surface area contributed by atoms with Gasteiger partial charge in [0.2, 0.25) is 0 Å². The van der Waals surface area contributed by atoms with Crippen LogP contribution < -0.4 is 15.8 Å². The van der Waals surface area contributed by atoms with Gasteiger partial charge in [-0.05, 0) is 17.7 Å². The molecule has 0 amide bonds. The second-order valence-corrected chi connectivity index (χ2v) is 6.18. The van der Waals surface area contributed by atoms with Crippen LogP contribution >= 0.6 is 22.6 Å². The molecule has 114 valence electrons. The van der Waals surface area contributed by atoms with Crippen LogP contribution in [0.1, 0.15) is 11.1 Å². The number of aryl methyl sites for hydroxylation is 1. The van der Waals surface area contributed by atoms with Gasteiger partial charge < -0.3 is 14.8 Å². The van der Waals surface area contributed by atoms with E-state index >= 15 is 0 Å². The molecule has 1 aromatic heterocycles. The van der Waals surface area contributed by atoms with Crippen molar-refractivity contribution in [3.63, 3.8) is 0 Å². The fourth-order valence-electron chi connectivity index (χ4n) is 2.98. The quantitative estimate of drug-likeness (QED) is 0.608. The van der Waals surface area contributed by atoms with E-state index in [-0.39, 0.29) is 11.1 Å². The Balaban J connectivity index is 2.37. The molecule has 1 N–H and O–H groups in total. The van der Waals surface area contributed by atoms with Crippen molar-refractivity contribution in [2.75, 3.05) is 31.1 Å². The largest absolute Gasteiger partial charge is 0.367 e. The zero-order valence-corrected chi connectivity index (χ0v) is 14.6. The lowest BCUT2D eigenvalue weighted by Gasteiger charge is -2.31. The van der Waals surface area contributed by atoms with Gasteiger partial charge in [0, 0.05) is 43.0 Å². The second-order valence-electron chi connectivity index (χ2n) is 5.42. The predicted molar refractivity (Wildman–Crippen MR) is 96.7 cm³/mol. The second kappa shape index (κ2) is 6.26. The van der Waals surface area contributed by atoms with Gasteiger partial charge in [-0.25, -0.2) is 0 Å². The first kappa shape index (κ1) is 15.3. The highest BCUT2D eigenvalue weighted by molar-refractivity contribution is 14.1. The van der Waals surface area contributed by atoms with Crippen LogP contribution in [0.25, 0.3) is 10.9 Å². The zero-order chi connectivity index (χ0) is 15.7. The summed E-state index contributed by atoms with van der Waals surface area (Å²) in [6.07, 6.45) is 0. The lowest BCUT2D eigenvalue weighted by molar-refractivity contribution is 0.589. The van der Waals surface area contributed by atoms with Crippen LogP contribution in [0, 0.1) is 11.3 Å². The van der Waals surface area contributed by atoms with Gasteiger partial charge in [0.15, 0.2) is 0 Å². The lowest BCUT2D eigenvalue weighted by Crippen LogP contribution is -2.44. The number of fused-ring (bicyclic) bond motifs is 1. The first-order chi connectivity index (χ1) is 10.7. The van der Waals surface area contributed by atoms with Gasteiger partial charge in [0.25, 0.3) is 5.56 Å². The molecule has 1 aliphatic rings. The first-order valence-electron chi connectivity index (χ1n) is 7.24. The van der Waals surface area contributed by atoms with Crippen molar-refractivity contribution in [3.8, 4) is 6.07 Å². The molecule has 0 saturated carbocycles. The van der Waals surface area contributed by atoms with E-state index in [1.165, 1.54) is 5.56 Å². The van der Waals surface area contributed by atoms with Crippen LogP contribution in [0.3, 0.4) is 0 Å². The van der Waals surface area contributed by atoms with Gasteiger partial charge in [0.1, 0.15) is 11.6 Å². The monoisotopic (exact) mass is 408 g/mol. The van der Waals surface area contributed by atoms with Crippen molar-refractivity contribution in [2.24, 2.45) is 7.05 Å². The molecule has 2 heterocycles. The third-order valence-electron chi connectivity index (χ3n) is 4.13. The summed E-state index contributed by atoms with van der Waals surface area (Å²) in [5.41, 5.74) is 2.92. The van der Waals surface area contributed by atoms with Gasteiger partial charge in [-0.15, -0.1) is 0 Å². The van der Waals surface area contributed by atoms with Gasteiger partial charge in [-0.1, -0.05) is 28.7 Å². The number of rotatable bonds is 2. The van der Waals surface area contributed by atoms with Crippen LogP contribution in [0.5, 0.6) is 0 Å². The van der Waals surface area contributed by atoms with Crippen LogP contribution in [0.2, 0.25) is 0 Å². The Kier molecular flexibility index (Phi) is 4.36. The first-order valence-corrected chi connectivity index (χ1v) is 8.77. The highest BCUT2D eigenvalue weighted by Gasteiger charge is 2.21. The van der Waals surface area contributed by atoms with E-state index in [2.05, 4.69) is 44.9 Å². The molecule has 0 bridgehead atoms. The number of nitrogens with zero attached hydrogens (tertiary/aromatic N) is 3. The van der Waals surface area contributed by atoms with E-state index in [9.17, 15) is 10.1 Å². The van der Waals surface area contributed by atoms with E-state index in [1.807, 2.05) is 12.1 Å². The summed E-state index contributed by atoms with van der Waals surface area (Å²) in [7, 11) is 1.73. The molecule has 0 radical (unpaired) electrons. The van der Waals surface area contributed by atoms with Gasteiger partial charge >= 0.3 is 0 Å². The number of pyridine rings is 1. The van der Waals surface area contributed by atoms with Crippen LogP contribution in [0.15, 0.2) is 23.0 Å². The fraction of sp³-hybridized carbons (Fsp3) is 0.375. The summed E-state index contributed by atoms with van der Waals surface area (Å²) in [6, 6.07) is 8.27. The third kappa shape index (κ3) is 2.48. The highest BCUT2D eigenvalue weighted by Crippen LogP contribution is 2.30. The smallest absolute Gasteiger partial charge is 0.270 e. The minimum Gasteiger partial charge on any atom is -0.367 e. The Labute approximate surface area is 142 Å². The van der Waals surface area contributed by atoms with Crippen molar-refractivity contribution >= 4 is 39.2 Å². The fourth-order valence-corrected chi connectivity index (χ4v) is 3.45. The summed E-state index contributed by atoms with van der Waals surface area (Å²) < 4.78 is 2.48. The molecule has 0 unspecified atom stereocenters. The Morgan fingerprint density at radius 3 is 2.73 bits per heavy atom. The van der Waals surface area contributed by atoms with E-state index in [0.717, 1.165) is 47.2 Å². The van der Waals surface area contributed by atoms with Crippen molar-refractivity contribution in [2.45, 2.75) is 4.43 Å². The maximum absolute atomic E-state index is 12.5. The number of hydrogen-bond acceptors (Lipinski definition) is 4. The van der Waals surface area contributed by atoms with Crippen LogP contribution in [-0.2, 0) is 11.5 Å². The number of alkyl halides is 1. The minimum atomic E-state index is -0.217. The summed E-state index contributed by atoms with van der Waals surface area (Å²) in [6.45, 7) is 3.36. The van der Waals surface area contributed by atoms with E-state index in [0.29, 0.717) is 0 Å². The molecule has 5 nitrogen and oxygen atoms in total. The number of piperazine rings is 1. The molecule has 0 aliphatic carbocycles. The molecular formula is C16H17IN4O. The average molecular weight is 408 g/mol. The topological polar surface area (TPSA) is 61.1 Å². The summed E-state index contributed by atoms with van der Waals surface area (Å²) >= 11 is 2.33. The summed E-state index contributed by atoms with van der Waals surface area (Å²) in [4.78, 5) is 14.7. The zero-order valence-electron chi connectivity index (χ0n) is 12.4. The molecule has 1 aromatic carbocycles. The molecule has 0 spiro atoms. The molecule has 0 atom stereocenters. The van der Waals surface area contributed by atoms with Gasteiger partial charge in [-0.2, -0.15) is 5.26 Å². The molecule has 22 heavy (non-hydrogen) atoms. The molecule has 6 heteroatoms. The Morgan fingerprint density at radius 2 is 2.09 bits per heavy atom. The molecule has 2 aromatic rings. The SMILES string of the molecule is Cn1c(=O)c(C#N)c(N2CCNCC2)c2cc(CI)ccc21. The number of anilines is 1. The number of aromatic nitrogens is 1. The number of halogens is 1. The summed E-state index contributed by atoms with van der Waals surface area (Å²) in [5.74, 6) is 0. The Hall–Kier alpha value is -1.59. The van der Waals surface area contributed by atoms with Gasteiger partial charge in [-0.3, -0.25) is 4.79 Å². The maximum Gasteiger partial charge on any atom is 0.270 e. The molecule has 1 saturated heterocycles. The van der Waals surface area contributed by atoms with E-state index in [4.69, 9.17) is 0 Å². The minimum absolute atomic E-state index is 0.217. The third-order valence-corrected chi connectivity index (χ3v) is 5.01. The van der Waals surface area contributed by atoms with Crippen molar-refractivity contribution in [3.05, 3.63) is 39.7 Å². The van der Waals surface area contributed by atoms with E-state index in [1.54, 1.807) is 11.6 Å². The average Bonchev–Trinajstić information content (AvgIpc) is 2.58. The normalized spacial score (nSPS) is 15.0. The number of nitrogens with one attached hydrogen (secondary N) is 1. The number of hydrogen-bond donors (Lipinski definition) is 1. The lowest BCUT2D eigenvalue weighted by atomic mass is 10.0. The standard InChI is InChI=1S/C16H17IN4O/c1-20-14-3-2-11(9-17)8-12(14)15(13(10-18)16(20)22)21-6-4-19-5-7-21/h2-3,8,19H,4-7,9H2,1H3. The van der Waals surface area contributed by atoms with Crippen molar-refractivity contribution < 1.29 is 0 Å². The Bertz CT molecular complexity index is 815. The van der Waals surface area contributed by atoms with Gasteiger partial charge in [0.05, 0.1) is 11.2 Å². The van der Waals surface area contributed by atoms with E-state index < -0.39 is 0 Å². The molecular weight excluding hydrogens is 391 g/mol. The van der Waals surface area contributed by atoms with Crippen molar-refractivity contribution in [1.82, 2.24) is 9.88 Å². The number of nitriles is 1. The number of benzene rings is 1. The van der Waals surface area contributed by atoms with Crippen molar-refractivity contribution in [1.29, 1.82) is 5.26 Å².